The van der Waals surface area contributed by atoms with Crippen LogP contribution in [-0.4, -0.2) is 31.1 Å². The molecule has 0 fully saturated rings. The van der Waals surface area contributed by atoms with Crippen LogP contribution in [0.3, 0.4) is 0 Å². The summed E-state index contributed by atoms with van der Waals surface area (Å²) in [5.74, 6) is 1.97. The molecule has 6 rings (SSSR count). The van der Waals surface area contributed by atoms with Gasteiger partial charge in [-0.25, -0.2) is 19.5 Å². The third-order valence-corrected chi connectivity index (χ3v) is 6.61. The zero-order chi connectivity index (χ0) is 20.8. The summed E-state index contributed by atoms with van der Waals surface area (Å²) >= 11 is 8.24. The van der Waals surface area contributed by atoms with Crippen LogP contribution < -0.4 is 15.4 Å². The van der Waals surface area contributed by atoms with Crippen LogP contribution in [0.15, 0.2) is 49.2 Å². The number of hydrogen-bond donors (Lipinski definition) is 2. The fourth-order valence-corrected chi connectivity index (χ4v) is 5.11. The summed E-state index contributed by atoms with van der Waals surface area (Å²) in [6.07, 6.45) is 5.83. The van der Waals surface area contributed by atoms with E-state index in [9.17, 15) is 0 Å². The van der Waals surface area contributed by atoms with E-state index in [1.807, 2.05) is 30.3 Å². The first kappa shape index (κ1) is 18.5. The van der Waals surface area contributed by atoms with Gasteiger partial charge in [0.15, 0.2) is 5.65 Å². The van der Waals surface area contributed by atoms with E-state index in [-0.39, 0.29) is 0 Å². The number of benzene rings is 1. The summed E-state index contributed by atoms with van der Waals surface area (Å²) in [7, 11) is 0. The normalized spacial score (nSPS) is 13.5. The second kappa shape index (κ2) is 7.45. The largest absolute Gasteiger partial charge is 0.454 e. The number of halogens is 1. The van der Waals surface area contributed by atoms with Gasteiger partial charge in [-0.05, 0) is 48.9 Å². The Labute approximate surface area is 185 Å². The quantitative estimate of drug-likeness (QED) is 0.415. The Morgan fingerprint density at radius 3 is 3.03 bits per heavy atom. The number of ether oxygens (including phenoxy) is 1. The van der Waals surface area contributed by atoms with Crippen LogP contribution >= 0.6 is 22.9 Å². The van der Waals surface area contributed by atoms with Gasteiger partial charge in [-0.1, -0.05) is 11.6 Å². The van der Waals surface area contributed by atoms with Gasteiger partial charge in [0.2, 0.25) is 0 Å². The Morgan fingerprint density at radius 1 is 1.13 bits per heavy atom. The fraction of sp³-hybridized carbons (Fsp3) is 0.143. The van der Waals surface area contributed by atoms with Crippen LogP contribution in [0.5, 0.6) is 11.5 Å². The molecule has 2 N–H and O–H groups in total. The minimum atomic E-state index is 0.491. The zero-order valence-corrected chi connectivity index (χ0v) is 17.7. The van der Waals surface area contributed by atoms with E-state index in [0.29, 0.717) is 16.5 Å². The monoisotopic (exact) mass is 449 g/mol. The first-order valence-electron chi connectivity index (χ1n) is 9.74. The molecule has 0 saturated heterocycles. The van der Waals surface area contributed by atoms with Crippen molar-refractivity contribution in [2.24, 2.45) is 0 Å². The van der Waals surface area contributed by atoms with Gasteiger partial charge in [-0.15, -0.1) is 11.3 Å². The zero-order valence-electron chi connectivity index (χ0n) is 16.2. The number of rotatable bonds is 4. The summed E-state index contributed by atoms with van der Waals surface area (Å²) in [6.45, 7) is 1.85. The van der Waals surface area contributed by atoms with Crippen molar-refractivity contribution in [2.75, 3.05) is 11.9 Å². The smallest absolute Gasteiger partial charge is 0.155 e. The van der Waals surface area contributed by atoms with E-state index in [1.165, 1.54) is 16.8 Å². The Kier molecular flexibility index (Phi) is 4.45. The summed E-state index contributed by atoms with van der Waals surface area (Å²) in [6, 6.07) is 9.26. The molecule has 10 heteroatoms. The molecule has 0 saturated carbocycles. The van der Waals surface area contributed by atoms with Crippen molar-refractivity contribution >= 4 is 50.3 Å². The van der Waals surface area contributed by atoms with Gasteiger partial charge in [0, 0.05) is 17.1 Å². The van der Waals surface area contributed by atoms with Crippen LogP contribution in [0.1, 0.15) is 10.4 Å². The average Bonchev–Trinajstić information content (AvgIpc) is 3.40. The number of thiophene rings is 1. The number of nitrogens with one attached hydrogen (secondary N) is 2. The number of pyridine rings is 1. The molecule has 0 atom stereocenters. The molecule has 31 heavy (non-hydrogen) atoms. The molecule has 1 aromatic carbocycles. The lowest BCUT2D eigenvalue weighted by Gasteiger charge is -2.14. The molecule has 0 unspecified atom stereocenters. The molecular formula is C21H16ClN7OS. The molecule has 0 amide bonds. The van der Waals surface area contributed by atoms with Crippen LogP contribution in [0.25, 0.3) is 15.9 Å². The highest BCUT2D eigenvalue weighted by Gasteiger charge is 2.20. The summed E-state index contributed by atoms with van der Waals surface area (Å²) < 4.78 is 7.59. The van der Waals surface area contributed by atoms with E-state index in [2.05, 4.69) is 30.7 Å². The maximum atomic E-state index is 6.52. The van der Waals surface area contributed by atoms with Gasteiger partial charge >= 0.3 is 0 Å². The Hall–Kier alpha value is -3.27. The lowest BCUT2D eigenvalue weighted by atomic mass is 10.1. The number of aromatic nitrogens is 5. The molecule has 4 aromatic heterocycles. The second-order valence-electron chi connectivity index (χ2n) is 7.13. The molecule has 154 valence electrons. The maximum Gasteiger partial charge on any atom is 0.155 e. The van der Waals surface area contributed by atoms with E-state index < -0.39 is 0 Å². The number of anilines is 2. The topological polar surface area (TPSA) is 89.3 Å². The van der Waals surface area contributed by atoms with E-state index in [4.69, 9.17) is 16.3 Å². The highest BCUT2D eigenvalue weighted by molar-refractivity contribution is 7.19. The molecular weight excluding hydrogens is 434 g/mol. The van der Waals surface area contributed by atoms with Gasteiger partial charge in [0.1, 0.15) is 34.8 Å². The Balaban J connectivity index is 1.29. The summed E-state index contributed by atoms with van der Waals surface area (Å²) in [5, 5.41) is 12.5. The summed E-state index contributed by atoms with van der Waals surface area (Å²) in [4.78, 5) is 15.4. The van der Waals surface area contributed by atoms with Crippen molar-refractivity contribution in [3.05, 3.63) is 64.6 Å². The maximum absolute atomic E-state index is 6.52. The van der Waals surface area contributed by atoms with E-state index >= 15 is 0 Å². The molecule has 0 bridgehead atoms. The highest BCUT2D eigenvalue weighted by atomic mass is 35.5. The minimum absolute atomic E-state index is 0.491. The van der Waals surface area contributed by atoms with Gasteiger partial charge in [0.05, 0.1) is 16.6 Å². The number of fused-ring (bicyclic) bond motifs is 4. The molecule has 1 aliphatic rings. The first-order valence-corrected chi connectivity index (χ1v) is 10.9. The van der Waals surface area contributed by atoms with Crippen molar-refractivity contribution in [3.63, 3.8) is 0 Å². The van der Waals surface area contributed by atoms with Crippen LogP contribution in [-0.2, 0) is 13.0 Å². The van der Waals surface area contributed by atoms with Gasteiger partial charge < -0.3 is 15.4 Å². The van der Waals surface area contributed by atoms with Crippen molar-refractivity contribution in [2.45, 2.75) is 13.0 Å². The van der Waals surface area contributed by atoms with E-state index in [0.717, 1.165) is 46.9 Å². The van der Waals surface area contributed by atoms with Crippen molar-refractivity contribution in [3.8, 4) is 11.5 Å². The lowest BCUT2D eigenvalue weighted by Crippen LogP contribution is -2.22. The first-order chi connectivity index (χ1) is 15.2. The third-order valence-electron chi connectivity index (χ3n) is 5.18. The van der Waals surface area contributed by atoms with Crippen molar-refractivity contribution in [1.29, 1.82) is 0 Å². The molecule has 5 heterocycles. The summed E-state index contributed by atoms with van der Waals surface area (Å²) in [5.41, 5.74) is 2.91. The van der Waals surface area contributed by atoms with Gasteiger partial charge in [0.25, 0.3) is 0 Å². The Bertz CT molecular complexity index is 1430. The molecule has 0 spiro atoms. The molecule has 8 nitrogen and oxygen atoms in total. The van der Waals surface area contributed by atoms with Crippen molar-refractivity contribution in [1.82, 2.24) is 29.9 Å². The minimum Gasteiger partial charge on any atom is -0.454 e. The standard InChI is InChI=1S/C21H16ClN7OS/c22-15-7-12(1-3-16(15)30-13-2-4-18-24-11-27-29(18)9-13)28-20-19-14-5-6-23-8-17(14)31-21(19)26-10-25-20/h1-4,7,9-11,23H,5-6,8H2,(H,25,26,28). The lowest BCUT2D eigenvalue weighted by molar-refractivity contribution is 0.479. The van der Waals surface area contributed by atoms with Gasteiger partial charge in [-0.3, -0.25) is 0 Å². The number of hydrogen-bond acceptors (Lipinski definition) is 8. The third kappa shape index (κ3) is 3.36. The van der Waals surface area contributed by atoms with Crippen LogP contribution in [0.4, 0.5) is 11.5 Å². The van der Waals surface area contributed by atoms with E-state index in [1.54, 1.807) is 28.4 Å². The SMILES string of the molecule is Clc1cc(Nc2ncnc3sc4c(c23)CCNC4)ccc1Oc1ccc2ncnn2c1. The van der Waals surface area contributed by atoms with Gasteiger partial charge in [-0.2, -0.15) is 5.10 Å². The molecule has 1 aliphatic heterocycles. The van der Waals surface area contributed by atoms with Crippen LogP contribution in [0.2, 0.25) is 5.02 Å². The van der Waals surface area contributed by atoms with Crippen LogP contribution in [0, 0.1) is 0 Å². The molecule has 0 radical (unpaired) electrons. The second-order valence-corrected chi connectivity index (χ2v) is 8.62. The molecule has 5 aromatic rings. The predicted molar refractivity (Wildman–Crippen MR) is 121 cm³/mol. The number of nitrogens with zero attached hydrogens (tertiary/aromatic N) is 5. The predicted octanol–water partition coefficient (Wildman–Crippen LogP) is 4.57. The highest BCUT2D eigenvalue weighted by Crippen LogP contribution is 2.38. The average molecular weight is 450 g/mol. The van der Waals surface area contributed by atoms with Crippen molar-refractivity contribution < 1.29 is 4.74 Å². The fourth-order valence-electron chi connectivity index (χ4n) is 3.74. The Morgan fingerprint density at radius 2 is 2.10 bits per heavy atom. The molecule has 0 aliphatic carbocycles.